The molecule has 0 radical (unpaired) electrons. The Morgan fingerprint density at radius 2 is 0.438 bits per heavy atom. The maximum Gasteiger partial charge on any atom is 0.336 e. The highest BCUT2D eigenvalue weighted by Crippen LogP contribution is 2.15. The van der Waals surface area contributed by atoms with Crippen molar-refractivity contribution in [3.8, 4) is 0 Å². The molecule has 4 atom stereocenters. The molecule has 0 aromatic carbocycles. The summed E-state index contributed by atoms with van der Waals surface area (Å²) in [5, 5.41) is 44.2. The van der Waals surface area contributed by atoms with Gasteiger partial charge in [-0.25, -0.2) is 19.2 Å². The van der Waals surface area contributed by atoms with E-state index in [0.717, 1.165) is 77.0 Å². The van der Waals surface area contributed by atoms with E-state index in [-0.39, 0.29) is 65.7 Å². The molecule has 0 aliphatic rings. The Balaban J connectivity index is 5.57. The highest BCUT2D eigenvalue weighted by molar-refractivity contribution is 5.76. The van der Waals surface area contributed by atoms with Gasteiger partial charge in [0.25, 0.3) is 0 Å². The van der Waals surface area contributed by atoms with E-state index < -0.39 is 48.3 Å². The second kappa shape index (κ2) is 58.4. The van der Waals surface area contributed by atoms with Crippen molar-refractivity contribution >= 4 is 23.9 Å². The minimum atomic E-state index is -1.51. The van der Waals surface area contributed by atoms with Crippen molar-refractivity contribution in [2.75, 3.05) is 85.8 Å². The van der Waals surface area contributed by atoms with E-state index in [4.69, 9.17) is 18.9 Å². The second-order valence-electron chi connectivity index (χ2n) is 23.3. The summed E-state index contributed by atoms with van der Waals surface area (Å²) in [6.45, 7) is 10.2. The highest BCUT2D eigenvalue weighted by atomic mass is 16.6. The molecular formula is C65H127N3O12. The molecule has 15 nitrogen and oxygen atoms in total. The lowest BCUT2D eigenvalue weighted by Gasteiger charge is -2.30. The average Bonchev–Trinajstić information content (AvgIpc) is 3.44. The van der Waals surface area contributed by atoms with Gasteiger partial charge in [0, 0.05) is 52.4 Å². The van der Waals surface area contributed by atoms with Crippen molar-refractivity contribution in [1.29, 1.82) is 0 Å². The molecule has 0 saturated heterocycles. The summed E-state index contributed by atoms with van der Waals surface area (Å²) in [6, 6.07) is 0. The molecule has 0 aromatic rings. The predicted octanol–water partition coefficient (Wildman–Crippen LogP) is 12.8. The highest BCUT2D eigenvalue weighted by Gasteiger charge is 2.28. The van der Waals surface area contributed by atoms with Crippen LogP contribution in [0.1, 0.15) is 285 Å². The van der Waals surface area contributed by atoms with Crippen LogP contribution >= 0.6 is 0 Å². The Morgan fingerprint density at radius 3 is 0.613 bits per heavy atom. The van der Waals surface area contributed by atoms with Crippen molar-refractivity contribution in [2.45, 2.75) is 309 Å². The molecule has 0 aliphatic carbocycles. The number of hydrogen-bond donors (Lipinski definition) is 4. The fourth-order valence-electron chi connectivity index (χ4n) is 9.96. The first-order valence-corrected chi connectivity index (χ1v) is 33.4. The van der Waals surface area contributed by atoms with E-state index in [1.807, 2.05) is 11.9 Å². The lowest BCUT2D eigenvalue weighted by Crippen LogP contribution is -2.48. The molecule has 474 valence electrons. The van der Waals surface area contributed by atoms with E-state index in [9.17, 15) is 39.6 Å². The van der Waals surface area contributed by atoms with Crippen molar-refractivity contribution in [1.82, 2.24) is 14.7 Å². The lowest BCUT2D eigenvalue weighted by molar-refractivity contribution is -0.158. The van der Waals surface area contributed by atoms with Crippen molar-refractivity contribution in [3.63, 3.8) is 0 Å². The summed E-state index contributed by atoms with van der Waals surface area (Å²) in [4.78, 5) is 57.3. The van der Waals surface area contributed by atoms with E-state index >= 15 is 0 Å². The van der Waals surface area contributed by atoms with Gasteiger partial charge in [0.1, 0.15) is 0 Å². The van der Waals surface area contributed by atoms with E-state index in [1.54, 1.807) is 9.80 Å². The van der Waals surface area contributed by atoms with Crippen molar-refractivity contribution in [3.05, 3.63) is 0 Å². The third-order valence-corrected chi connectivity index (χ3v) is 15.4. The summed E-state index contributed by atoms with van der Waals surface area (Å²) >= 11 is 0. The molecule has 80 heavy (non-hydrogen) atoms. The first-order chi connectivity index (χ1) is 38.9. The number of hydrogen-bond acceptors (Lipinski definition) is 15. The Bertz CT molecular complexity index is 1200. The van der Waals surface area contributed by atoms with E-state index in [2.05, 4.69) is 27.7 Å². The quantitative estimate of drug-likeness (QED) is 0.0255. The monoisotopic (exact) mass is 1140 g/mol. The number of likely N-dealkylation sites (N-methyl/N-ethyl adjacent to an activating group) is 1. The third kappa shape index (κ3) is 50.1. The summed E-state index contributed by atoms with van der Waals surface area (Å²) in [7, 11) is 1.85. The molecule has 0 saturated carbocycles. The lowest BCUT2D eigenvalue weighted by atomic mass is 10.1. The minimum absolute atomic E-state index is 0.180. The number of ether oxygens (including phenoxy) is 4. The molecule has 4 N–H and O–H groups in total. The summed E-state index contributed by atoms with van der Waals surface area (Å²) in [5.41, 5.74) is 0. The zero-order valence-corrected chi connectivity index (χ0v) is 52.5. The second-order valence-corrected chi connectivity index (χ2v) is 23.3. The molecule has 0 aromatic heterocycles. The molecule has 0 spiro atoms. The van der Waals surface area contributed by atoms with Gasteiger partial charge in [-0.05, 0) is 32.7 Å². The minimum Gasteiger partial charge on any atom is -0.464 e. The van der Waals surface area contributed by atoms with Gasteiger partial charge in [-0.15, -0.1) is 0 Å². The molecule has 0 aliphatic heterocycles. The first-order valence-electron chi connectivity index (χ1n) is 33.4. The number of carbonyl (C=O) groups excluding carboxylic acids is 4. The van der Waals surface area contributed by atoms with Gasteiger partial charge >= 0.3 is 23.9 Å². The largest absolute Gasteiger partial charge is 0.464 e. The summed E-state index contributed by atoms with van der Waals surface area (Å²) in [5.74, 6) is -3.02. The molecule has 15 heteroatoms. The fourth-order valence-corrected chi connectivity index (χ4v) is 9.96. The Morgan fingerprint density at radius 1 is 0.275 bits per heavy atom. The maximum atomic E-state index is 13.0. The fraction of sp³-hybridized carbons (Fsp3) is 0.938. The van der Waals surface area contributed by atoms with Gasteiger partial charge < -0.3 is 44.3 Å². The standard InChI is InChI=1S/C65H127N3O12/c1-6-10-14-18-22-26-30-34-38-42-50-77-62(73)58(69)54-67(55-59(70)63(74)78-51-43-39-35-31-27-23-19-15-11-7-2)48-46-66(5)47-49-68(56-60(71)64(75)79-52-44-40-36-32-28-24-20-16-12-8-3)57-61(72)65(76)80-53-45-41-37-33-29-25-21-17-13-9-4/h58-61,69-72H,6-57H2,1-5H3. The summed E-state index contributed by atoms with van der Waals surface area (Å²) in [6.07, 6.45) is 39.7. The van der Waals surface area contributed by atoms with Gasteiger partial charge in [-0.3, -0.25) is 9.80 Å². The van der Waals surface area contributed by atoms with Gasteiger partial charge in [-0.2, -0.15) is 0 Å². The first kappa shape index (κ1) is 77.6. The van der Waals surface area contributed by atoms with Gasteiger partial charge in [0.05, 0.1) is 26.4 Å². The number of unbranched alkanes of at least 4 members (excludes halogenated alkanes) is 36. The van der Waals surface area contributed by atoms with Crippen LogP contribution < -0.4 is 0 Å². The Labute approximate surface area is 490 Å². The number of aliphatic hydroxyl groups excluding tert-OH is 4. The normalized spacial score (nSPS) is 13.2. The predicted molar refractivity (Wildman–Crippen MR) is 326 cm³/mol. The van der Waals surface area contributed by atoms with Crippen LogP contribution in [-0.2, 0) is 38.1 Å². The zero-order valence-electron chi connectivity index (χ0n) is 52.5. The van der Waals surface area contributed by atoms with Crippen LogP contribution in [0.25, 0.3) is 0 Å². The summed E-state index contributed by atoms with van der Waals surface area (Å²) < 4.78 is 21.8. The Hall–Kier alpha value is -2.40. The molecule has 0 fully saturated rings. The SMILES string of the molecule is CCCCCCCCCCCCOC(=O)C(O)CN(CCN(C)CCN(CC(O)C(=O)OCCCCCCCCCCCC)CC(O)C(=O)OCCCCCCCCCCCC)CC(O)C(=O)OCCCCCCCCCCCC. The van der Waals surface area contributed by atoms with E-state index in [1.165, 1.54) is 154 Å². The van der Waals surface area contributed by atoms with Crippen LogP contribution in [0.2, 0.25) is 0 Å². The molecule has 4 unspecified atom stereocenters. The van der Waals surface area contributed by atoms with Crippen LogP contribution in [0.15, 0.2) is 0 Å². The molecular weight excluding hydrogens is 1010 g/mol. The molecule has 0 bridgehead atoms. The smallest absolute Gasteiger partial charge is 0.336 e. The zero-order chi connectivity index (χ0) is 58.9. The molecule has 0 heterocycles. The van der Waals surface area contributed by atoms with Crippen LogP contribution in [0.4, 0.5) is 0 Å². The van der Waals surface area contributed by atoms with Crippen molar-refractivity contribution in [2.24, 2.45) is 0 Å². The maximum absolute atomic E-state index is 13.0. The Kier molecular flexibility index (Phi) is 56.6. The number of carbonyl (C=O) groups is 4. The van der Waals surface area contributed by atoms with Gasteiger partial charge in [-0.1, -0.05) is 259 Å². The van der Waals surface area contributed by atoms with Crippen molar-refractivity contribution < 1.29 is 58.6 Å². The number of aliphatic hydroxyl groups is 4. The van der Waals surface area contributed by atoms with Gasteiger partial charge in [0.2, 0.25) is 0 Å². The molecule has 0 amide bonds. The number of nitrogens with zero attached hydrogens (tertiary/aromatic N) is 3. The number of rotatable bonds is 62. The van der Waals surface area contributed by atoms with Gasteiger partial charge in [0.15, 0.2) is 24.4 Å². The average molecular weight is 1140 g/mol. The van der Waals surface area contributed by atoms with Crippen LogP contribution in [-0.4, -0.2) is 169 Å². The molecule has 0 rings (SSSR count). The topological polar surface area (TPSA) is 196 Å². The van der Waals surface area contributed by atoms with Crippen LogP contribution in [0, 0.1) is 0 Å². The van der Waals surface area contributed by atoms with Crippen LogP contribution in [0.3, 0.4) is 0 Å². The third-order valence-electron chi connectivity index (χ3n) is 15.4. The number of esters is 4. The van der Waals surface area contributed by atoms with E-state index in [0.29, 0.717) is 38.8 Å². The van der Waals surface area contributed by atoms with Crippen LogP contribution in [0.5, 0.6) is 0 Å².